The Hall–Kier alpha value is -0.900. The molecule has 3 nitrogen and oxygen atoms in total. The normalized spacial score (nSPS) is 19.2. The molecular formula is C17H28N2O. The molecule has 112 valence electrons. The van der Waals surface area contributed by atoms with E-state index in [2.05, 4.69) is 36.9 Å². The predicted octanol–water partition coefficient (Wildman–Crippen LogP) is 2.54. The number of aryl methyl sites for hydroxylation is 2. The van der Waals surface area contributed by atoms with Gasteiger partial charge in [-0.25, -0.2) is 0 Å². The lowest BCUT2D eigenvalue weighted by Crippen LogP contribution is -2.40. The topological polar surface area (TPSA) is 49.5 Å². The summed E-state index contributed by atoms with van der Waals surface area (Å²) in [5.41, 5.74) is 9.41. The molecule has 0 radical (unpaired) electrons. The van der Waals surface area contributed by atoms with E-state index in [0.717, 1.165) is 50.9 Å². The zero-order valence-corrected chi connectivity index (χ0v) is 12.8. The second-order valence-electron chi connectivity index (χ2n) is 6.20. The summed E-state index contributed by atoms with van der Waals surface area (Å²) >= 11 is 0. The quantitative estimate of drug-likeness (QED) is 0.869. The number of hydrogen-bond donors (Lipinski definition) is 2. The third-order valence-corrected chi connectivity index (χ3v) is 4.38. The lowest BCUT2D eigenvalue weighted by Gasteiger charge is -2.30. The first-order valence-electron chi connectivity index (χ1n) is 7.79. The molecule has 1 heterocycles. The Bertz CT molecular complexity index is 425. The summed E-state index contributed by atoms with van der Waals surface area (Å²) in [4.78, 5) is 2.47. The number of piperidine rings is 1. The Morgan fingerprint density at radius 3 is 2.70 bits per heavy atom. The molecule has 1 aromatic rings. The van der Waals surface area contributed by atoms with Crippen LogP contribution in [0, 0.1) is 13.8 Å². The molecule has 2 rings (SSSR count). The van der Waals surface area contributed by atoms with Crippen LogP contribution in [0.1, 0.15) is 48.5 Å². The zero-order valence-electron chi connectivity index (χ0n) is 12.8. The molecule has 0 aromatic heterocycles. The summed E-state index contributed by atoms with van der Waals surface area (Å²) in [5, 5.41) is 10.4. The van der Waals surface area contributed by atoms with Crippen LogP contribution in [0.2, 0.25) is 0 Å². The summed E-state index contributed by atoms with van der Waals surface area (Å²) in [6, 6.07) is 6.70. The van der Waals surface area contributed by atoms with E-state index >= 15 is 0 Å². The average molecular weight is 276 g/mol. The van der Waals surface area contributed by atoms with E-state index in [-0.39, 0.29) is 6.10 Å². The van der Waals surface area contributed by atoms with E-state index in [0.29, 0.717) is 6.04 Å². The first-order valence-corrected chi connectivity index (χ1v) is 7.79. The monoisotopic (exact) mass is 276 g/mol. The van der Waals surface area contributed by atoms with Crippen molar-refractivity contribution in [3.8, 4) is 0 Å². The third kappa shape index (κ3) is 4.30. The second kappa shape index (κ2) is 7.21. The summed E-state index contributed by atoms with van der Waals surface area (Å²) < 4.78 is 0. The van der Waals surface area contributed by atoms with Gasteiger partial charge in [0.15, 0.2) is 0 Å². The van der Waals surface area contributed by atoms with Gasteiger partial charge in [0.05, 0.1) is 6.10 Å². The van der Waals surface area contributed by atoms with E-state index < -0.39 is 0 Å². The summed E-state index contributed by atoms with van der Waals surface area (Å²) in [6.07, 6.45) is 3.78. The second-order valence-corrected chi connectivity index (χ2v) is 6.20. The van der Waals surface area contributed by atoms with Crippen LogP contribution in [0.15, 0.2) is 18.2 Å². The van der Waals surface area contributed by atoms with Crippen LogP contribution in [0.3, 0.4) is 0 Å². The van der Waals surface area contributed by atoms with Gasteiger partial charge >= 0.3 is 0 Å². The molecule has 1 aliphatic heterocycles. The minimum atomic E-state index is -0.332. The van der Waals surface area contributed by atoms with Crippen molar-refractivity contribution in [3.05, 3.63) is 34.9 Å². The van der Waals surface area contributed by atoms with Crippen molar-refractivity contribution >= 4 is 0 Å². The first-order chi connectivity index (χ1) is 9.56. The Kier molecular flexibility index (Phi) is 5.58. The molecule has 1 aliphatic rings. The Morgan fingerprint density at radius 2 is 2.00 bits per heavy atom. The minimum Gasteiger partial charge on any atom is -0.388 e. The lowest BCUT2D eigenvalue weighted by atomic mass is 9.97. The van der Waals surface area contributed by atoms with E-state index in [4.69, 9.17) is 5.73 Å². The molecule has 3 heteroatoms. The molecule has 1 aromatic carbocycles. The van der Waals surface area contributed by atoms with Gasteiger partial charge in [0.25, 0.3) is 0 Å². The van der Waals surface area contributed by atoms with Gasteiger partial charge in [-0.15, -0.1) is 0 Å². The van der Waals surface area contributed by atoms with Gasteiger partial charge in [0.1, 0.15) is 0 Å². The number of aliphatic hydroxyl groups is 1. The molecule has 3 N–H and O–H groups in total. The molecule has 0 bridgehead atoms. The largest absolute Gasteiger partial charge is 0.388 e. The van der Waals surface area contributed by atoms with Crippen molar-refractivity contribution in [2.75, 3.05) is 19.6 Å². The number of aliphatic hydroxyl groups excluding tert-OH is 1. The van der Waals surface area contributed by atoms with E-state index in [1.165, 1.54) is 11.1 Å². The summed E-state index contributed by atoms with van der Waals surface area (Å²) in [5.74, 6) is 0. The number of nitrogens with two attached hydrogens (primary N) is 1. The summed E-state index contributed by atoms with van der Waals surface area (Å²) in [7, 11) is 0. The van der Waals surface area contributed by atoms with E-state index in [1.54, 1.807) is 0 Å². The molecule has 20 heavy (non-hydrogen) atoms. The van der Waals surface area contributed by atoms with Crippen molar-refractivity contribution in [2.45, 2.75) is 51.7 Å². The van der Waals surface area contributed by atoms with Gasteiger partial charge in [0.2, 0.25) is 0 Å². The molecule has 0 amide bonds. The zero-order chi connectivity index (χ0) is 14.5. The fraction of sp³-hybridized carbons (Fsp3) is 0.647. The average Bonchev–Trinajstić information content (AvgIpc) is 2.43. The number of nitrogens with zero attached hydrogens (tertiary/aromatic N) is 1. The van der Waals surface area contributed by atoms with Crippen molar-refractivity contribution < 1.29 is 5.11 Å². The predicted molar refractivity (Wildman–Crippen MR) is 83.8 cm³/mol. The number of benzene rings is 1. The van der Waals surface area contributed by atoms with Gasteiger partial charge in [-0.1, -0.05) is 23.8 Å². The van der Waals surface area contributed by atoms with Crippen LogP contribution in [0.25, 0.3) is 0 Å². The molecule has 1 unspecified atom stereocenters. The van der Waals surface area contributed by atoms with Crippen LogP contribution < -0.4 is 5.73 Å². The maximum Gasteiger partial charge on any atom is 0.0793 e. The SMILES string of the molecule is Cc1ccc(C)c(C(O)CCCN2CCC(N)CC2)c1. The molecular weight excluding hydrogens is 248 g/mol. The fourth-order valence-electron chi connectivity index (χ4n) is 2.96. The maximum absolute atomic E-state index is 10.4. The third-order valence-electron chi connectivity index (χ3n) is 4.38. The standard InChI is InChI=1S/C17H28N2O/c1-13-5-6-14(2)16(12-13)17(20)4-3-9-19-10-7-15(18)8-11-19/h5-6,12,15,17,20H,3-4,7-11,18H2,1-2H3. The van der Waals surface area contributed by atoms with Gasteiger partial charge in [0, 0.05) is 6.04 Å². The van der Waals surface area contributed by atoms with Crippen LogP contribution in [0.5, 0.6) is 0 Å². The molecule has 0 aliphatic carbocycles. The van der Waals surface area contributed by atoms with Crippen LogP contribution in [-0.2, 0) is 0 Å². The van der Waals surface area contributed by atoms with E-state index in [1.807, 2.05) is 0 Å². The number of hydrogen-bond acceptors (Lipinski definition) is 3. The highest BCUT2D eigenvalue weighted by Crippen LogP contribution is 2.23. The highest BCUT2D eigenvalue weighted by Gasteiger charge is 2.16. The molecule has 1 atom stereocenters. The Balaban J connectivity index is 1.77. The van der Waals surface area contributed by atoms with Crippen molar-refractivity contribution in [3.63, 3.8) is 0 Å². The number of likely N-dealkylation sites (tertiary alicyclic amines) is 1. The van der Waals surface area contributed by atoms with Gasteiger partial charge in [-0.05, 0) is 70.3 Å². The highest BCUT2D eigenvalue weighted by molar-refractivity contribution is 5.32. The minimum absolute atomic E-state index is 0.332. The highest BCUT2D eigenvalue weighted by atomic mass is 16.3. The lowest BCUT2D eigenvalue weighted by molar-refractivity contribution is 0.148. The van der Waals surface area contributed by atoms with E-state index in [9.17, 15) is 5.11 Å². The summed E-state index contributed by atoms with van der Waals surface area (Å²) in [6.45, 7) is 7.45. The maximum atomic E-state index is 10.4. The number of rotatable bonds is 5. The Morgan fingerprint density at radius 1 is 1.30 bits per heavy atom. The molecule has 1 saturated heterocycles. The van der Waals surface area contributed by atoms with Crippen molar-refractivity contribution in [2.24, 2.45) is 5.73 Å². The molecule has 0 spiro atoms. The van der Waals surface area contributed by atoms with Crippen molar-refractivity contribution in [1.82, 2.24) is 4.90 Å². The van der Waals surface area contributed by atoms with Crippen LogP contribution in [0.4, 0.5) is 0 Å². The van der Waals surface area contributed by atoms with Gasteiger partial charge in [-0.2, -0.15) is 0 Å². The van der Waals surface area contributed by atoms with Crippen molar-refractivity contribution in [1.29, 1.82) is 0 Å². The smallest absolute Gasteiger partial charge is 0.0793 e. The molecule has 0 saturated carbocycles. The fourth-order valence-corrected chi connectivity index (χ4v) is 2.96. The Labute approximate surface area is 122 Å². The van der Waals surface area contributed by atoms with Gasteiger partial charge < -0.3 is 15.7 Å². The van der Waals surface area contributed by atoms with Crippen LogP contribution in [-0.4, -0.2) is 35.7 Å². The van der Waals surface area contributed by atoms with Crippen LogP contribution >= 0.6 is 0 Å². The van der Waals surface area contributed by atoms with Gasteiger partial charge in [-0.3, -0.25) is 0 Å². The molecule has 1 fully saturated rings. The first kappa shape index (κ1) is 15.5.